The van der Waals surface area contributed by atoms with Crippen molar-refractivity contribution in [1.29, 1.82) is 0 Å². The van der Waals surface area contributed by atoms with Crippen molar-refractivity contribution in [1.82, 2.24) is 5.32 Å². The standard InChI is InChI=1S/C10H23N.C9H10O/c1-3-5-7-9-11-10-8-6-4-2;1-2-9(10)8-6-4-3-5-7-8/h11H,3-10H2,1-2H3;3-7H,2H2,1H3. The number of hydrogen-bond acceptors (Lipinski definition) is 2. The minimum atomic E-state index is 0.209. The smallest absolute Gasteiger partial charge is 0.162 e. The molecule has 0 saturated heterocycles. The highest BCUT2D eigenvalue weighted by Crippen LogP contribution is 2.01. The van der Waals surface area contributed by atoms with Crippen molar-refractivity contribution in [3.05, 3.63) is 35.9 Å². The van der Waals surface area contributed by atoms with Crippen molar-refractivity contribution in [2.45, 2.75) is 65.7 Å². The maximum absolute atomic E-state index is 11.0. The fourth-order valence-corrected chi connectivity index (χ4v) is 1.95. The number of Topliss-reactive ketones (excluding diaryl/α,β-unsaturated/α-hetero) is 1. The molecule has 1 aromatic rings. The Hall–Kier alpha value is -1.15. The van der Waals surface area contributed by atoms with E-state index in [1.165, 1.54) is 51.6 Å². The monoisotopic (exact) mass is 291 g/mol. The van der Waals surface area contributed by atoms with Crippen molar-refractivity contribution in [3.8, 4) is 0 Å². The summed E-state index contributed by atoms with van der Waals surface area (Å²) in [6.45, 7) is 8.80. The molecular weight excluding hydrogens is 258 g/mol. The molecule has 0 aliphatic carbocycles. The molecule has 0 bridgehead atoms. The third kappa shape index (κ3) is 12.3. The number of benzene rings is 1. The Bertz CT molecular complexity index is 327. The Morgan fingerprint density at radius 3 is 1.81 bits per heavy atom. The zero-order valence-electron chi connectivity index (χ0n) is 14.2. The number of nitrogens with one attached hydrogen (secondary N) is 1. The summed E-state index contributed by atoms with van der Waals surface area (Å²) < 4.78 is 0. The van der Waals surface area contributed by atoms with Gasteiger partial charge in [0.1, 0.15) is 0 Å². The molecule has 2 nitrogen and oxygen atoms in total. The highest BCUT2D eigenvalue weighted by Gasteiger charge is 1.98. The molecule has 0 aromatic heterocycles. The van der Waals surface area contributed by atoms with Crippen LogP contribution >= 0.6 is 0 Å². The summed E-state index contributed by atoms with van der Waals surface area (Å²) in [5, 5.41) is 3.46. The molecule has 0 amide bonds. The molecule has 1 rings (SSSR count). The molecule has 0 heterocycles. The van der Waals surface area contributed by atoms with Gasteiger partial charge in [-0.15, -0.1) is 0 Å². The largest absolute Gasteiger partial charge is 0.317 e. The van der Waals surface area contributed by atoms with Gasteiger partial charge >= 0.3 is 0 Å². The first-order valence-electron chi connectivity index (χ1n) is 8.55. The van der Waals surface area contributed by atoms with Crippen LogP contribution in [-0.2, 0) is 0 Å². The second-order valence-corrected chi connectivity index (χ2v) is 5.31. The van der Waals surface area contributed by atoms with Gasteiger partial charge in [-0.05, 0) is 25.9 Å². The first-order valence-corrected chi connectivity index (χ1v) is 8.55. The second-order valence-electron chi connectivity index (χ2n) is 5.31. The molecule has 1 aromatic carbocycles. The van der Waals surface area contributed by atoms with E-state index in [0.29, 0.717) is 6.42 Å². The minimum absolute atomic E-state index is 0.209. The summed E-state index contributed by atoms with van der Waals surface area (Å²) >= 11 is 0. The van der Waals surface area contributed by atoms with Crippen LogP contribution in [0.2, 0.25) is 0 Å². The van der Waals surface area contributed by atoms with E-state index in [2.05, 4.69) is 19.2 Å². The molecule has 2 heteroatoms. The summed E-state index contributed by atoms with van der Waals surface area (Å²) in [6, 6.07) is 9.34. The van der Waals surface area contributed by atoms with Crippen LogP contribution in [0.25, 0.3) is 0 Å². The predicted molar refractivity (Wildman–Crippen MR) is 93.0 cm³/mol. The lowest BCUT2D eigenvalue weighted by atomic mass is 10.1. The Balaban J connectivity index is 0.000000382. The average molecular weight is 291 g/mol. The van der Waals surface area contributed by atoms with Crippen LogP contribution in [0.4, 0.5) is 0 Å². The quantitative estimate of drug-likeness (QED) is 0.472. The van der Waals surface area contributed by atoms with Crippen LogP contribution in [0, 0.1) is 0 Å². The SMILES string of the molecule is CCC(=O)c1ccccc1.CCCCCNCCCCC. The van der Waals surface area contributed by atoms with Gasteiger partial charge in [-0.2, -0.15) is 0 Å². The normalized spacial score (nSPS) is 9.86. The van der Waals surface area contributed by atoms with Crippen molar-refractivity contribution < 1.29 is 4.79 Å². The van der Waals surface area contributed by atoms with E-state index in [4.69, 9.17) is 0 Å². The van der Waals surface area contributed by atoms with Crippen molar-refractivity contribution in [2.75, 3.05) is 13.1 Å². The van der Waals surface area contributed by atoms with Crippen molar-refractivity contribution in [2.24, 2.45) is 0 Å². The summed E-state index contributed by atoms with van der Waals surface area (Å²) in [4.78, 5) is 11.0. The van der Waals surface area contributed by atoms with Crippen molar-refractivity contribution >= 4 is 5.78 Å². The fourth-order valence-electron chi connectivity index (χ4n) is 1.95. The Kier molecular flexibility index (Phi) is 14.4. The first-order chi connectivity index (χ1) is 10.3. The van der Waals surface area contributed by atoms with Crippen LogP contribution in [-0.4, -0.2) is 18.9 Å². The number of ketones is 1. The molecule has 0 atom stereocenters. The van der Waals surface area contributed by atoms with E-state index in [1.54, 1.807) is 0 Å². The number of unbranched alkanes of at least 4 members (excludes halogenated alkanes) is 4. The fraction of sp³-hybridized carbons (Fsp3) is 0.632. The van der Waals surface area contributed by atoms with Crippen LogP contribution in [0.3, 0.4) is 0 Å². The highest BCUT2D eigenvalue weighted by molar-refractivity contribution is 5.95. The zero-order valence-corrected chi connectivity index (χ0v) is 14.2. The molecule has 21 heavy (non-hydrogen) atoms. The molecule has 0 fully saturated rings. The maximum atomic E-state index is 11.0. The zero-order chi connectivity index (χ0) is 15.8. The molecule has 0 unspecified atom stereocenters. The molecule has 0 saturated carbocycles. The number of rotatable bonds is 10. The summed E-state index contributed by atoms with van der Waals surface area (Å²) in [7, 11) is 0. The summed E-state index contributed by atoms with van der Waals surface area (Å²) in [5.74, 6) is 0.209. The summed E-state index contributed by atoms with van der Waals surface area (Å²) in [5.41, 5.74) is 0.810. The lowest BCUT2D eigenvalue weighted by Gasteiger charge is -2.02. The van der Waals surface area contributed by atoms with Gasteiger partial charge in [0.15, 0.2) is 5.78 Å². The third-order valence-corrected chi connectivity index (χ3v) is 3.33. The third-order valence-electron chi connectivity index (χ3n) is 3.33. The number of carbonyl (C=O) groups excluding carboxylic acids is 1. The van der Waals surface area contributed by atoms with E-state index in [9.17, 15) is 4.79 Å². The molecule has 0 radical (unpaired) electrons. The van der Waals surface area contributed by atoms with Gasteiger partial charge < -0.3 is 5.32 Å². The maximum Gasteiger partial charge on any atom is 0.162 e. The topological polar surface area (TPSA) is 29.1 Å². The van der Waals surface area contributed by atoms with Gasteiger partial charge in [-0.25, -0.2) is 0 Å². The van der Waals surface area contributed by atoms with E-state index in [-0.39, 0.29) is 5.78 Å². The lowest BCUT2D eigenvalue weighted by molar-refractivity contribution is 0.0988. The number of carbonyl (C=O) groups is 1. The van der Waals surface area contributed by atoms with Crippen LogP contribution in [0.5, 0.6) is 0 Å². The second kappa shape index (κ2) is 15.2. The van der Waals surface area contributed by atoms with Gasteiger partial charge in [0.25, 0.3) is 0 Å². The van der Waals surface area contributed by atoms with E-state index in [0.717, 1.165) is 5.56 Å². The Morgan fingerprint density at radius 2 is 1.38 bits per heavy atom. The van der Waals surface area contributed by atoms with Gasteiger partial charge in [0, 0.05) is 12.0 Å². The van der Waals surface area contributed by atoms with E-state index in [1.807, 2.05) is 37.3 Å². The predicted octanol–water partition coefficient (Wildman–Crippen LogP) is 5.24. The number of hydrogen-bond donors (Lipinski definition) is 1. The summed E-state index contributed by atoms with van der Waals surface area (Å²) in [6.07, 6.45) is 8.70. The molecule has 0 aliphatic rings. The molecule has 120 valence electrons. The molecular formula is C19H33NO. The van der Waals surface area contributed by atoms with Gasteiger partial charge in [0.2, 0.25) is 0 Å². The van der Waals surface area contributed by atoms with Crippen LogP contribution < -0.4 is 5.32 Å². The van der Waals surface area contributed by atoms with E-state index < -0.39 is 0 Å². The van der Waals surface area contributed by atoms with E-state index >= 15 is 0 Å². The average Bonchev–Trinajstić information content (AvgIpc) is 2.55. The Morgan fingerprint density at radius 1 is 0.857 bits per heavy atom. The van der Waals surface area contributed by atoms with Gasteiger partial charge in [0.05, 0.1) is 0 Å². The molecule has 0 spiro atoms. The minimum Gasteiger partial charge on any atom is -0.317 e. The van der Waals surface area contributed by atoms with Crippen LogP contribution in [0.15, 0.2) is 30.3 Å². The lowest BCUT2D eigenvalue weighted by Crippen LogP contribution is -2.16. The van der Waals surface area contributed by atoms with Crippen LogP contribution in [0.1, 0.15) is 76.1 Å². The highest BCUT2D eigenvalue weighted by atomic mass is 16.1. The molecule has 0 aliphatic heterocycles. The van der Waals surface area contributed by atoms with Gasteiger partial charge in [-0.1, -0.05) is 76.8 Å². The van der Waals surface area contributed by atoms with Crippen molar-refractivity contribution in [3.63, 3.8) is 0 Å². The Labute approximate surface area is 131 Å². The first kappa shape index (κ1) is 19.9. The van der Waals surface area contributed by atoms with Gasteiger partial charge in [-0.3, -0.25) is 4.79 Å². The molecule has 1 N–H and O–H groups in total.